The third kappa shape index (κ3) is 8.53. The Labute approximate surface area is 226 Å². The molecule has 0 atom stereocenters. The van der Waals surface area contributed by atoms with Crippen LogP contribution in [0.2, 0.25) is 0 Å². The first-order valence-electron chi connectivity index (χ1n) is 11.5. The summed E-state index contributed by atoms with van der Waals surface area (Å²) < 4.78 is 5.29. The van der Waals surface area contributed by atoms with Crippen LogP contribution in [0.5, 0.6) is 11.5 Å². The monoisotopic (exact) mass is 561 g/mol. The number of thioether (sulfide) groups is 1. The zero-order chi connectivity index (χ0) is 26.6. The minimum absolute atomic E-state index is 0.100. The Hall–Kier alpha value is -2.99. The van der Waals surface area contributed by atoms with E-state index in [1.165, 1.54) is 18.2 Å². The van der Waals surface area contributed by atoms with Gasteiger partial charge in [0.15, 0.2) is 0 Å². The van der Waals surface area contributed by atoms with Gasteiger partial charge in [-0.25, -0.2) is 0 Å². The van der Waals surface area contributed by atoms with Crippen LogP contribution in [0.4, 0.5) is 5.69 Å². The number of hydrogen-bond donors (Lipinski definition) is 2. The molecule has 1 heterocycles. The molecule has 0 fully saturated rings. The molecular weight excluding hydrogens is 534 g/mol. The van der Waals surface area contributed by atoms with Crippen LogP contribution in [0.25, 0.3) is 10.4 Å². The number of rotatable bonds is 12. The topological polar surface area (TPSA) is 145 Å². The fraction of sp³-hybridized carbons (Fsp3) is 0.375. The highest BCUT2D eigenvalue weighted by Gasteiger charge is 2.24. The van der Waals surface area contributed by atoms with Crippen LogP contribution in [0, 0.1) is 0 Å². The second kappa shape index (κ2) is 14.7. The quantitative estimate of drug-likeness (QED) is 0.0926. The SMILES string of the molecule is COc1ccc2c(c1)CN(C(=O)C(=O)CCCSSCCNC(=O)c1ccc(N=[N+]=[N-])cc1O)CCS2. The number of benzene rings is 2. The van der Waals surface area contributed by atoms with Crippen LogP contribution in [0.3, 0.4) is 0 Å². The molecule has 0 radical (unpaired) electrons. The number of phenolic OH excluding ortho intramolecular Hbond substituents is 1. The Kier molecular flexibility index (Phi) is 11.3. The van der Waals surface area contributed by atoms with Crippen molar-refractivity contribution in [2.24, 2.45) is 5.11 Å². The molecule has 0 saturated heterocycles. The summed E-state index contributed by atoms with van der Waals surface area (Å²) in [6.45, 7) is 1.32. The standard InChI is InChI=1S/C24H27N5O5S3/c1-34-18-5-7-22-16(13-18)15-29(9-12-35-22)24(33)20(30)3-2-10-36-37-11-8-26-23(32)19-6-4-17(27-28-25)14-21(19)31/h4-7,13-14,31H,2-3,8-12,15H2,1H3,(H,26,32). The minimum atomic E-state index is -0.438. The number of carbonyl (C=O) groups is 3. The zero-order valence-corrected chi connectivity index (χ0v) is 22.7. The molecular formula is C24H27N5O5S3. The van der Waals surface area contributed by atoms with E-state index in [0.717, 1.165) is 22.0 Å². The normalized spacial score (nSPS) is 12.6. The molecule has 13 heteroatoms. The van der Waals surface area contributed by atoms with E-state index >= 15 is 0 Å². The maximum absolute atomic E-state index is 12.7. The van der Waals surface area contributed by atoms with Crippen molar-refractivity contribution in [1.29, 1.82) is 0 Å². The van der Waals surface area contributed by atoms with E-state index in [-0.39, 0.29) is 29.2 Å². The van der Waals surface area contributed by atoms with Crippen LogP contribution >= 0.6 is 33.3 Å². The van der Waals surface area contributed by atoms with Gasteiger partial charge in [0.1, 0.15) is 11.5 Å². The van der Waals surface area contributed by atoms with Gasteiger partial charge in [-0.3, -0.25) is 14.4 Å². The lowest BCUT2D eigenvalue weighted by atomic mass is 10.1. The fourth-order valence-electron chi connectivity index (χ4n) is 3.49. The number of hydrogen-bond acceptors (Lipinski definition) is 9. The third-order valence-corrected chi connectivity index (χ3v) is 8.93. The smallest absolute Gasteiger partial charge is 0.290 e. The van der Waals surface area contributed by atoms with Crippen LogP contribution in [-0.4, -0.2) is 65.1 Å². The molecule has 2 amide bonds. The number of phenols is 1. The van der Waals surface area contributed by atoms with Gasteiger partial charge >= 0.3 is 0 Å². The van der Waals surface area contributed by atoms with E-state index in [1.54, 1.807) is 45.4 Å². The molecule has 0 saturated carbocycles. The average Bonchev–Trinajstić information content (AvgIpc) is 3.11. The van der Waals surface area contributed by atoms with Crippen molar-refractivity contribution in [3.63, 3.8) is 0 Å². The second-order valence-corrected chi connectivity index (χ2v) is 11.7. The van der Waals surface area contributed by atoms with Gasteiger partial charge in [-0.1, -0.05) is 32.8 Å². The highest BCUT2D eigenvalue weighted by molar-refractivity contribution is 8.76. The summed E-state index contributed by atoms with van der Waals surface area (Å²) in [4.78, 5) is 42.8. The Morgan fingerprint density at radius 2 is 2.03 bits per heavy atom. The number of ketones is 1. The number of aromatic hydroxyl groups is 1. The first-order chi connectivity index (χ1) is 17.9. The molecule has 10 nitrogen and oxygen atoms in total. The number of azide groups is 1. The fourth-order valence-corrected chi connectivity index (χ4v) is 6.49. The Morgan fingerprint density at radius 1 is 1.22 bits per heavy atom. The van der Waals surface area contributed by atoms with Crippen LogP contribution in [0.1, 0.15) is 28.8 Å². The predicted molar refractivity (Wildman–Crippen MR) is 148 cm³/mol. The molecule has 1 aliphatic heterocycles. The highest BCUT2D eigenvalue weighted by atomic mass is 33.1. The number of nitrogens with zero attached hydrogens (tertiary/aromatic N) is 4. The van der Waals surface area contributed by atoms with E-state index in [4.69, 9.17) is 10.3 Å². The van der Waals surface area contributed by atoms with Gasteiger partial charge in [-0.05, 0) is 47.8 Å². The second-order valence-electron chi connectivity index (χ2n) is 7.87. The Balaban J connectivity index is 1.32. The summed E-state index contributed by atoms with van der Waals surface area (Å²) in [6, 6.07) is 9.88. The summed E-state index contributed by atoms with van der Waals surface area (Å²) >= 11 is 1.67. The molecule has 196 valence electrons. The third-order valence-electron chi connectivity index (χ3n) is 5.35. The molecule has 0 aliphatic carbocycles. The largest absolute Gasteiger partial charge is 0.507 e. The summed E-state index contributed by atoms with van der Waals surface area (Å²) in [5.74, 6) is 1.31. The minimum Gasteiger partial charge on any atom is -0.507 e. The lowest BCUT2D eigenvalue weighted by molar-refractivity contribution is -0.144. The molecule has 0 bridgehead atoms. The van der Waals surface area contributed by atoms with Gasteiger partial charge < -0.3 is 20.1 Å². The van der Waals surface area contributed by atoms with Gasteiger partial charge in [0.25, 0.3) is 11.8 Å². The molecule has 0 spiro atoms. The van der Waals surface area contributed by atoms with E-state index in [1.807, 2.05) is 18.2 Å². The lowest BCUT2D eigenvalue weighted by Gasteiger charge is -2.20. The maximum Gasteiger partial charge on any atom is 0.290 e. The van der Waals surface area contributed by atoms with Crippen molar-refractivity contribution in [3.05, 3.63) is 58.0 Å². The van der Waals surface area contributed by atoms with E-state index in [9.17, 15) is 19.5 Å². The number of carbonyl (C=O) groups excluding carboxylic acids is 3. The Bertz CT molecular complexity index is 1190. The first-order valence-corrected chi connectivity index (χ1v) is 14.9. The van der Waals surface area contributed by atoms with E-state index < -0.39 is 11.8 Å². The van der Waals surface area contributed by atoms with Crippen LogP contribution in [0.15, 0.2) is 46.4 Å². The molecule has 3 rings (SSSR count). The lowest BCUT2D eigenvalue weighted by Crippen LogP contribution is -2.37. The molecule has 37 heavy (non-hydrogen) atoms. The van der Waals surface area contributed by atoms with Gasteiger partial charge in [-0.2, -0.15) is 0 Å². The number of ether oxygens (including phenoxy) is 1. The molecule has 2 aromatic carbocycles. The highest BCUT2D eigenvalue weighted by Crippen LogP contribution is 2.31. The number of fused-ring (bicyclic) bond motifs is 1. The zero-order valence-electron chi connectivity index (χ0n) is 20.2. The summed E-state index contributed by atoms with van der Waals surface area (Å²) in [5, 5.41) is 16.0. The van der Waals surface area contributed by atoms with Crippen molar-refractivity contribution >= 4 is 56.6 Å². The van der Waals surface area contributed by atoms with Crippen molar-refractivity contribution in [2.75, 3.05) is 37.5 Å². The van der Waals surface area contributed by atoms with Crippen molar-refractivity contribution < 1.29 is 24.2 Å². The van der Waals surface area contributed by atoms with Crippen molar-refractivity contribution in [3.8, 4) is 11.5 Å². The number of amides is 2. The summed E-state index contributed by atoms with van der Waals surface area (Å²) in [6.07, 6.45) is 0.788. The number of methoxy groups -OCH3 is 1. The van der Waals surface area contributed by atoms with Crippen LogP contribution in [-0.2, 0) is 16.1 Å². The first kappa shape index (κ1) is 28.6. The summed E-state index contributed by atoms with van der Waals surface area (Å²) in [5.41, 5.74) is 9.74. The van der Waals surface area contributed by atoms with Crippen LogP contribution < -0.4 is 10.1 Å². The predicted octanol–water partition coefficient (Wildman–Crippen LogP) is 4.94. The number of nitrogens with one attached hydrogen (secondary N) is 1. The van der Waals surface area contributed by atoms with Gasteiger partial charge in [0.2, 0.25) is 5.78 Å². The molecule has 2 N–H and O–H groups in total. The van der Waals surface area contributed by atoms with Crippen molar-refractivity contribution in [1.82, 2.24) is 10.2 Å². The molecule has 1 aliphatic rings. The summed E-state index contributed by atoms with van der Waals surface area (Å²) in [7, 11) is 4.73. The van der Waals surface area contributed by atoms with Gasteiger partial charge in [-0.15, -0.1) is 11.8 Å². The maximum atomic E-state index is 12.7. The average molecular weight is 562 g/mol. The molecule has 0 unspecified atom stereocenters. The Morgan fingerprint density at radius 3 is 2.78 bits per heavy atom. The molecule has 0 aromatic heterocycles. The van der Waals surface area contributed by atoms with Gasteiger partial charge in [0, 0.05) is 58.8 Å². The van der Waals surface area contributed by atoms with Crippen molar-refractivity contribution in [2.45, 2.75) is 24.3 Å². The van der Waals surface area contributed by atoms with E-state index in [0.29, 0.717) is 37.6 Å². The van der Waals surface area contributed by atoms with E-state index in [2.05, 4.69) is 15.3 Å². The number of Topliss-reactive ketones (excluding diaryl/α,β-unsaturated/α-hetero) is 1. The van der Waals surface area contributed by atoms with Gasteiger partial charge in [0.05, 0.1) is 12.7 Å². The molecule has 2 aromatic rings.